The average molecular weight is 354 g/mol. The second-order valence-electron chi connectivity index (χ2n) is 8.99. The number of hydrogen-bond acceptors (Lipinski definition) is 4. The monoisotopic (exact) mass is 353 g/mol. The molecule has 6 nitrogen and oxygen atoms in total. The Labute approximate surface area is 152 Å². The van der Waals surface area contributed by atoms with Crippen molar-refractivity contribution < 1.29 is 14.3 Å². The van der Waals surface area contributed by atoms with Gasteiger partial charge in [0.05, 0.1) is 5.54 Å². The third-order valence-corrected chi connectivity index (χ3v) is 5.32. The number of piperidine rings is 1. The van der Waals surface area contributed by atoms with Gasteiger partial charge in [-0.1, -0.05) is 6.92 Å². The molecule has 0 saturated carbocycles. The Balaban J connectivity index is 1.90. The number of piperazine rings is 1. The van der Waals surface area contributed by atoms with Crippen molar-refractivity contribution in [3.8, 4) is 0 Å². The Morgan fingerprint density at radius 3 is 1.84 bits per heavy atom. The van der Waals surface area contributed by atoms with Crippen molar-refractivity contribution in [1.82, 2.24) is 14.7 Å². The fourth-order valence-electron chi connectivity index (χ4n) is 3.51. The molecule has 25 heavy (non-hydrogen) atoms. The van der Waals surface area contributed by atoms with Gasteiger partial charge in [-0.05, 0) is 53.4 Å². The largest absolute Gasteiger partial charge is 0.444 e. The number of amides is 2. The van der Waals surface area contributed by atoms with Crippen LogP contribution in [0.25, 0.3) is 0 Å². The molecule has 0 unspecified atom stereocenters. The maximum Gasteiger partial charge on any atom is 0.410 e. The zero-order chi connectivity index (χ0) is 18.8. The van der Waals surface area contributed by atoms with Crippen LogP contribution in [0.15, 0.2) is 0 Å². The van der Waals surface area contributed by atoms with Gasteiger partial charge in [-0.15, -0.1) is 0 Å². The summed E-state index contributed by atoms with van der Waals surface area (Å²) < 4.78 is 5.44. The lowest BCUT2D eigenvalue weighted by atomic mass is 9.94. The first-order valence-corrected chi connectivity index (χ1v) is 9.53. The third-order valence-electron chi connectivity index (χ3n) is 5.32. The minimum absolute atomic E-state index is 0.213. The van der Waals surface area contributed by atoms with Gasteiger partial charge in [0.25, 0.3) is 0 Å². The molecule has 6 heteroatoms. The predicted molar refractivity (Wildman–Crippen MR) is 98.4 cm³/mol. The zero-order valence-electron chi connectivity index (χ0n) is 16.8. The maximum absolute atomic E-state index is 13.0. The molecule has 0 atom stereocenters. The van der Waals surface area contributed by atoms with E-state index in [0.29, 0.717) is 32.1 Å². The van der Waals surface area contributed by atoms with Gasteiger partial charge in [0.1, 0.15) is 5.60 Å². The fourth-order valence-corrected chi connectivity index (χ4v) is 3.51. The first kappa shape index (κ1) is 20.0. The first-order chi connectivity index (χ1) is 11.5. The van der Waals surface area contributed by atoms with Crippen LogP contribution in [0.5, 0.6) is 0 Å². The second kappa shape index (κ2) is 7.52. The van der Waals surface area contributed by atoms with E-state index in [2.05, 4.69) is 11.8 Å². The standard InChI is InChI=1S/C19H35N3O3/c1-15-7-9-20(10-8-15)16(23)19(5,6)22-13-11-21(12-14-22)17(24)25-18(2,3)4/h15H,7-14H2,1-6H3. The molecule has 0 aromatic heterocycles. The van der Waals surface area contributed by atoms with E-state index in [9.17, 15) is 9.59 Å². The van der Waals surface area contributed by atoms with E-state index in [1.54, 1.807) is 4.90 Å². The van der Waals surface area contributed by atoms with Crippen LogP contribution < -0.4 is 0 Å². The van der Waals surface area contributed by atoms with Gasteiger partial charge < -0.3 is 14.5 Å². The highest BCUT2D eigenvalue weighted by Crippen LogP contribution is 2.24. The van der Waals surface area contributed by atoms with E-state index < -0.39 is 11.1 Å². The van der Waals surface area contributed by atoms with Crippen molar-refractivity contribution in [2.45, 2.75) is 65.5 Å². The van der Waals surface area contributed by atoms with Crippen molar-refractivity contribution in [2.24, 2.45) is 5.92 Å². The van der Waals surface area contributed by atoms with E-state index in [4.69, 9.17) is 4.74 Å². The number of carbonyl (C=O) groups excluding carboxylic acids is 2. The van der Waals surface area contributed by atoms with Gasteiger partial charge in [-0.3, -0.25) is 9.69 Å². The molecule has 2 amide bonds. The summed E-state index contributed by atoms with van der Waals surface area (Å²) in [6.45, 7) is 16.2. The topological polar surface area (TPSA) is 53.1 Å². The highest BCUT2D eigenvalue weighted by molar-refractivity contribution is 5.85. The highest BCUT2D eigenvalue weighted by atomic mass is 16.6. The van der Waals surface area contributed by atoms with Crippen molar-refractivity contribution in [1.29, 1.82) is 0 Å². The number of ether oxygens (including phenoxy) is 1. The summed E-state index contributed by atoms with van der Waals surface area (Å²) in [6, 6.07) is 0. The van der Waals surface area contributed by atoms with Gasteiger partial charge in [-0.2, -0.15) is 0 Å². The number of rotatable bonds is 2. The summed E-state index contributed by atoms with van der Waals surface area (Å²) in [5.74, 6) is 0.926. The molecule has 0 spiro atoms. The minimum Gasteiger partial charge on any atom is -0.444 e. The Bertz CT molecular complexity index is 483. The number of carbonyl (C=O) groups is 2. The molecule has 144 valence electrons. The smallest absolute Gasteiger partial charge is 0.410 e. The molecule has 0 bridgehead atoms. The quantitative estimate of drug-likeness (QED) is 0.766. The van der Waals surface area contributed by atoms with Gasteiger partial charge in [0.15, 0.2) is 0 Å². The van der Waals surface area contributed by atoms with Crippen LogP contribution >= 0.6 is 0 Å². The van der Waals surface area contributed by atoms with Crippen LogP contribution in [0.4, 0.5) is 4.79 Å². The summed E-state index contributed by atoms with van der Waals surface area (Å²) >= 11 is 0. The van der Waals surface area contributed by atoms with Gasteiger partial charge in [-0.25, -0.2) is 4.79 Å². The molecule has 0 radical (unpaired) electrons. The minimum atomic E-state index is -0.527. The zero-order valence-corrected chi connectivity index (χ0v) is 16.8. The van der Waals surface area contributed by atoms with E-state index in [1.807, 2.05) is 39.5 Å². The van der Waals surface area contributed by atoms with Crippen LogP contribution in [0.3, 0.4) is 0 Å². The third kappa shape index (κ3) is 5.09. The molecular weight excluding hydrogens is 318 g/mol. The van der Waals surface area contributed by atoms with Crippen molar-refractivity contribution in [3.05, 3.63) is 0 Å². The molecule has 2 rings (SSSR count). The van der Waals surface area contributed by atoms with Crippen LogP contribution in [0.2, 0.25) is 0 Å². The molecule has 0 aromatic carbocycles. The van der Waals surface area contributed by atoms with E-state index in [1.165, 1.54) is 0 Å². The Kier molecular flexibility index (Phi) is 6.02. The Morgan fingerprint density at radius 2 is 1.36 bits per heavy atom. The highest BCUT2D eigenvalue weighted by Gasteiger charge is 2.40. The molecular formula is C19H35N3O3. The van der Waals surface area contributed by atoms with Crippen LogP contribution in [0.1, 0.15) is 54.4 Å². The SMILES string of the molecule is CC1CCN(C(=O)C(C)(C)N2CCN(C(=O)OC(C)(C)C)CC2)CC1. The van der Waals surface area contributed by atoms with E-state index in [-0.39, 0.29) is 12.0 Å². The fraction of sp³-hybridized carbons (Fsp3) is 0.895. The Hall–Kier alpha value is -1.30. The lowest BCUT2D eigenvalue weighted by Crippen LogP contribution is -2.62. The summed E-state index contributed by atoms with van der Waals surface area (Å²) in [6.07, 6.45) is 1.92. The number of likely N-dealkylation sites (tertiary alicyclic amines) is 1. The molecule has 0 aliphatic carbocycles. The molecule has 0 N–H and O–H groups in total. The Morgan fingerprint density at radius 1 is 0.840 bits per heavy atom. The molecule has 2 heterocycles. The molecule has 2 aliphatic heterocycles. The van der Waals surface area contributed by atoms with Gasteiger partial charge in [0.2, 0.25) is 5.91 Å². The molecule has 2 saturated heterocycles. The second-order valence-corrected chi connectivity index (χ2v) is 8.99. The summed E-state index contributed by atoms with van der Waals surface area (Å²) in [4.78, 5) is 31.2. The average Bonchev–Trinajstić information content (AvgIpc) is 2.53. The summed E-state index contributed by atoms with van der Waals surface area (Å²) in [5, 5.41) is 0. The van der Waals surface area contributed by atoms with Crippen LogP contribution in [-0.4, -0.2) is 77.1 Å². The summed E-state index contributed by atoms with van der Waals surface area (Å²) in [7, 11) is 0. The van der Waals surface area contributed by atoms with Crippen LogP contribution in [0, 0.1) is 5.92 Å². The lowest BCUT2D eigenvalue weighted by Gasteiger charge is -2.45. The summed E-state index contributed by atoms with van der Waals surface area (Å²) in [5.41, 5.74) is -1.00. The van der Waals surface area contributed by atoms with Crippen LogP contribution in [-0.2, 0) is 9.53 Å². The number of nitrogens with zero attached hydrogens (tertiary/aromatic N) is 3. The first-order valence-electron chi connectivity index (χ1n) is 9.53. The van der Waals surface area contributed by atoms with Crippen molar-refractivity contribution >= 4 is 12.0 Å². The molecule has 2 fully saturated rings. The van der Waals surface area contributed by atoms with Crippen molar-refractivity contribution in [3.63, 3.8) is 0 Å². The lowest BCUT2D eigenvalue weighted by molar-refractivity contribution is -0.145. The predicted octanol–water partition coefficient (Wildman–Crippen LogP) is 2.58. The number of hydrogen-bond donors (Lipinski definition) is 0. The van der Waals surface area contributed by atoms with Gasteiger partial charge >= 0.3 is 6.09 Å². The molecule has 2 aliphatic rings. The van der Waals surface area contributed by atoms with Gasteiger partial charge in [0, 0.05) is 39.3 Å². The van der Waals surface area contributed by atoms with E-state index in [0.717, 1.165) is 25.9 Å². The normalized spacial score (nSPS) is 21.4. The molecule has 0 aromatic rings. The van der Waals surface area contributed by atoms with E-state index >= 15 is 0 Å². The maximum atomic E-state index is 13.0. The van der Waals surface area contributed by atoms with Crippen molar-refractivity contribution in [2.75, 3.05) is 39.3 Å².